The molecule has 0 atom stereocenters. The van der Waals surface area contributed by atoms with E-state index in [1.54, 1.807) is 17.5 Å². The van der Waals surface area contributed by atoms with Gasteiger partial charge in [-0.2, -0.15) is 0 Å². The molecule has 0 bridgehead atoms. The molecule has 0 saturated heterocycles. The molecule has 1 amide bonds. The second-order valence-electron chi connectivity index (χ2n) is 5.53. The molecule has 1 N–H and O–H groups in total. The molecule has 2 aromatic heterocycles. The van der Waals surface area contributed by atoms with Gasteiger partial charge in [-0.25, -0.2) is 0 Å². The Hall–Kier alpha value is -2.46. The Kier molecular flexibility index (Phi) is 4.53. The Labute approximate surface area is 140 Å². The van der Waals surface area contributed by atoms with Gasteiger partial charge in [0.25, 0.3) is 5.91 Å². The SMILES string of the molecule is Cc1ccc(C(=O)NCc2ccnc(-c3cccs3)c2)c(C)c1. The number of rotatable bonds is 4. The predicted molar refractivity (Wildman–Crippen MR) is 94.6 cm³/mol. The van der Waals surface area contributed by atoms with Crippen molar-refractivity contribution in [3.8, 4) is 10.6 Å². The zero-order chi connectivity index (χ0) is 16.2. The van der Waals surface area contributed by atoms with Crippen molar-refractivity contribution in [2.75, 3.05) is 0 Å². The summed E-state index contributed by atoms with van der Waals surface area (Å²) in [6.45, 7) is 4.48. The quantitative estimate of drug-likeness (QED) is 0.775. The number of aryl methyl sites for hydroxylation is 2. The van der Waals surface area contributed by atoms with Gasteiger partial charge in [-0.05, 0) is 54.6 Å². The number of aromatic nitrogens is 1. The number of amides is 1. The molecule has 0 aliphatic heterocycles. The lowest BCUT2D eigenvalue weighted by atomic mass is 10.1. The van der Waals surface area contributed by atoms with Crippen LogP contribution < -0.4 is 5.32 Å². The normalized spacial score (nSPS) is 10.5. The van der Waals surface area contributed by atoms with E-state index in [2.05, 4.69) is 10.3 Å². The second kappa shape index (κ2) is 6.75. The average Bonchev–Trinajstić information content (AvgIpc) is 3.07. The van der Waals surface area contributed by atoms with Crippen LogP contribution in [0.15, 0.2) is 54.0 Å². The highest BCUT2D eigenvalue weighted by Crippen LogP contribution is 2.23. The number of pyridine rings is 1. The molecule has 0 fully saturated rings. The van der Waals surface area contributed by atoms with Crippen LogP contribution in [0.3, 0.4) is 0 Å². The van der Waals surface area contributed by atoms with E-state index in [0.29, 0.717) is 6.54 Å². The van der Waals surface area contributed by atoms with E-state index in [1.165, 1.54) is 0 Å². The summed E-state index contributed by atoms with van der Waals surface area (Å²) < 4.78 is 0. The second-order valence-corrected chi connectivity index (χ2v) is 6.48. The molecular formula is C19H18N2OS. The molecule has 0 unspecified atom stereocenters. The van der Waals surface area contributed by atoms with E-state index in [4.69, 9.17) is 0 Å². The number of thiophene rings is 1. The number of nitrogens with zero attached hydrogens (tertiary/aromatic N) is 1. The Morgan fingerprint density at radius 3 is 2.78 bits per heavy atom. The highest BCUT2D eigenvalue weighted by Gasteiger charge is 2.09. The van der Waals surface area contributed by atoms with Gasteiger partial charge in [0.05, 0.1) is 10.6 Å². The lowest BCUT2D eigenvalue weighted by molar-refractivity contribution is 0.0950. The maximum Gasteiger partial charge on any atom is 0.251 e. The first-order chi connectivity index (χ1) is 11.1. The van der Waals surface area contributed by atoms with Gasteiger partial charge in [0.1, 0.15) is 0 Å². The maximum absolute atomic E-state index is 12.3. The number of nitrogens with one attached hydrogen (secondary N) is 1. The van der Waals surface area contributed by atoms with Crippen molar-refractivity contribution >= 4 is 17.2 Å². The molecule has 3 nitrogen and oxygen atoms in total. The van der Waals surface area contributed by atoms with Crippen molar-refractivity contribution in [3.05, 3.63) is 76.3 Å². The third-order valence-corrected chi connectivity index (χ3v) is 4.57. The first-order valence-corrected chi connectivity index (χ1v) is 8.36. The van der Waals surface area contributed by atoms with Crippen molar-refractivity contribution in [1.29, 1.82) is 0 Å². The third-order valence-electron chi connectivity index (χ3n) is 3.68. The topological polar surface area (TPSA) is 42.0 Å². The third kappa shape index (κ3) is 3.66. The van der Waals surface area contributed by atoms with Gasteiger partial charge in [0.15, 0.2) is 0 Å². The van der Waals surface area contributed by atoms with Gasteiger partial charge >= 0.3 is 0 Å². The number of hydrogen-bond acceptors (Lipinski definition) is 3. The smallest absolute Gasteiger partial charge is 0.251 e. The first kappa shape index (κ1) is 15.4. The van der Waals surface area contributed by atoms with Gasteiger partial charge in [0, 0.05) is 18.3 Å². The van der Waals surface area contributed by atoms with Gasteiger partial charge in [-0.1, -0.05) is 23.8 Å². The Bertz CT molecular complexity index is 825. The number of carbonyl (C=O) groups excluding carboxylic acids is 1. The summed E-state index contributed by atoms with van der Waals surface area (Å²) in [6.07, 6.45) is 1.79. The van der Waals surface area contributed by atoms with Crippen LogP contribution in [0.1, 0.15) is 27.0 Å². The fourth-order valence-corrected chi connectivity index (χ4v) is 3.18. The van der Waals surface area contributed by atoms with E-state index >= 15 is 0 Å². The minimum atomic E-state index is -0.0445. The molecule has 0 saturated carbocycles. The largest absolute Gasteiger partial charge is 0.348 e. The molecular weight excluding hydrogens is 304 g/mol. The summed E-state index contributed by atoms with van der Waals surface area (Å²) >= 11 is 1.66. The van der Waals surface area contributed by atoms with Gasteiger partial charge in [0.2, 0.25) is 0 Å². The lowest BCUT2D eigenvalue weighted by Crippen LogP contribution is -2.23. The maximum atomic E-state index is 12.3. The Morgan fingerprint density at radius 1 is 1.17 bits per heavy atom. The molecule has 0 spiro atoms. The summed E-state index contributed by atoms with van der Waals surface area (Å²) in [5.74, 6) is -0.0445. The molecule has 0 radical (unpaired) electrons. The molecule has 116 valence electrons. The minimum Gasteiger partial charge on any atom is -0.348 e. The van der Waals surface area contributed by atoms with E-state index in [1.807, 2.05) is 61.7 Å². The highest BCUT2D eigenvalue weighted by molar-refractivity contribution is 7.13. The van der Waals surface area contributed by atoms with E-state index in [-0.39, 0.29) is 5.91 Å². The van der Waals surface area contributed by atoms with Crippen LogP contribution in [0.4, 0.5) is 0 Å². The lowest BCUT2D eigenvalue weighted by Gasteiger charge is -2.09. The molecule has 2 heterocycles. The number of hydrogen-bond donors (Lipinski definition) is 1. The summed E-state index contributed by atoms with van der Waals surface area (Å²) in [6, 6.07) is 13.9. The van der Waals surface area contributed by atoms with Crippen molar-refractivity contribution in [3.63, 3.8) is 0 Å². The Morgan fingerprint density at radius 2 is 2.04 bits per heavy atom. The molecule has 0 aliphatic rings. The van der Waals surface area contributed by atoms with Gasteiger partial charge < -0.3 is 5.32 Å². The summed E-state index contributed by atoms with van der Waals surface area (Å²) in [5, 5.41) is 5.02. The van der Waals surface area contributed by atoms with Gasteiger partial charge in [-0.15, -0.1) is 11.3 Å². The Balaban J connectivity index is 1.71. The van der Waals surface area contributed by atoms with Crippen LogP contribution in [0.5, 0.6) is 0 Å². The average molecular weight is 322 g/mol. The van der Waals surface area contributed by atoms with Crippen molar-refractivity contribution in [2.24, 2.45) is 0 Å². The molecule has 0 aliphatic carbocycles. The van der Waals surface area contributed by atoms with E-state index in [0.717, 1.165) is 32.8 Å². The fraction of sp³-hybridized carbons (Fsp3) is 0.158. The molecule has 3 rings (SSSR count). The zero-order valence-corrected chi connectivity index (χ0v) is 14.0. The van der Waals surface area contributed by atoms with E-state index in [9.17, 15) is 4.79 Å². The molecule has 1 aromatic carbocycles. The summed E-state index contributed by atoms with van der Waals surface area (Å²) in [5.41, 5.74) is 4.87. The molecule has 3 aromatic rings. The fourth-order valence-electron chi connectivity index (χ4n) is 2.49. The number of carbonyl (C=O) groups is 1. The first-order valence-electron chi connectivity index (χ1n) is 7.48. The van der Waals surface area contributed by atoms with Crippen LogP contribution in [0.2, 0.25) is 0 Å². The molecule has 23 heavy (non-hydrogen) atoms. The molecule has 4 heteroatoms. The number of benzene rings is 1. The highest BCUT2D eigenvalue weighted by atomic mass is 32.1. The predicted octanol–water partition coefficient (Wildman–Crippen LogP) is 4.36. The van der Waals surface area contributed by atoms with Crippen molar-refractivity contribution in [2.45, 2.75) is 20.4 Å². The van der Waals surface area contributed by atoms with Gasteiger partial charge in [-0.3, -0.25) is 9.78 Å². The van der Waals surface area contributed by atoms with E-state index < -0.39 is 0 Å². The van der Waals surface area contributed by atoms with Crippen LogP contribution in [0.25, 0.3) is 10.6 Å². The monoisotopic (exact) mass is 322 g/mol. The summed E-state index contributed by atoms with van der Waals surface area (Å²) in [7, 11) is 0. The standard InChI is InChI=1S/C19H18N2OS/c1-13-5-6-16(14(2)10-13)19(22)21-12-15-7-8-20-17(11-15)18-4-3-9-23-18/h3-11H,12H2,1-2H3,(H,21,22). The van der Waals surface area contributed by atoms with Crippen molar-refractivity contribution < 1.29 is 4.79 Å². The van der Waals surface area contributed by atoms with Crippen LogP contribution in [0, 0.1) is 13.8 Å². The van der Waals surface area contributed by atoms with Crippen LogP contribution in [-0.2, 0) is 6.54 Å². The van der Waals surface area contributed by atoms with Crippen LogP contribution >= 0.6 is 11.3 Å². The van der Waals surface area contributed by atoms with Crippen LogP contribution in [-0.4, -0.2) is 10.9 Å². The van der Waals surface area contributed by atoms with Crippen molar-refractivity contribution in [1.82, 2.24) is 10.3 Å². The summed E-state index contributed by atoms with van der Waals surface area (Å²) in [4.78, 5) is 17.9. The minimum absolute atomic E-state index is 0.0445. The zero-order valence-electron chi connectivity index (χ0n) is 13.2.